The van der Waals surface area contributed by atoms with Crippen molar-refractivity contribution in [3.05, 3.63) is 24.3 Å². The van der Waals surface area contributed by atoms with E-state index in [1.54, 1.807) is 28.6 Å². The molecule has 1 aromatic carbocycles. The summed E-state index contributed by atoms with van der Waals surface area (Å²) in [7, 11) is -3.45. The van der Waals surface area contributed by atoms with E-state index in [4.69, 9.17) is 11.6 Å². The van der Waals surface area contributed by atoms with E-state index in [1.807, 2.05) is 0 Å². The van der Waals surface area contributed by atoms with Gasteiger partial charge in [0.05, 0.1) is 16.9 Å². The summed E-state index contributed by atoms with van der Waals surface area (Å²) in [5, 5.41) is 12.5. The Bertz CT molecular complexity index is 596. The second-order valence-electron chi connectivity index (χ2n) is 6.48. The molecule has 0 bridgehead atoms. The van der Waals surface area contributed by atoms with E-state index in [-0.39, 0.29) is 5.88 Å². The number of aliphatic hydroxyl groups is 1. The highest BCUT2D eigenvalue weighted by Gasteiger charge is 2.31. The zero-order chi connectivity index (χ0) is 17.0. The third-order valence-electron chi connectivity index (χ3n) is 4.05. The molecule has 3 atom stereocenters. The van der Waals surface area contributed by atoms with Gasteiger partial charge in [0.15, 0.2) is 0 Å². The minimum absolute atomic E-state index is 0.158. The number of hydrogen-bond acceptors (Lipinski definition) is 4. The minimum Gasteiger partial charge on any atom is -0.390 e. The number of rotatable bonds is 6. The van der Waals surface area contributed by atoms with Gasteiger partial charge in [-0.3, -0.25) is 0 Å². The molecule has 1 saturated heterocycles. The number of nitrogens with one attached hydrogen (secondary N) is 1. The lowest BCUT2D eigenvalue weighted by Crippen LogP contribution is -2.42. The molecular weight excluding hydrogens is 336 g/mol. The molecule has 1 heterocycles. The van der Waals surface area contributed by atoms with Crippen LogP contribution in [0.3, 0.4) is 0 Å². The predicted molar refractivity (Wildman–Crippen MR) is 93.4 cm³/mol. The molecule has 0 radical (unpaired) electrons. The number of piperidine rings is 1. The molecule has 1 fully saturated rings. The van der Waals surface area contributed by atoms with Crippen LogP contribution in [-0.4, -0.2) is 49.4 Å². The van der Waals surface area contributed by atoms with Crippen molar-refractivity contribution in [1.82, 2.24) is 4.31 Å². The Morgan fingerprint density at radius 3 is 2.35 bits per heavy atom. The molecule has 0 amide bonds. The van der Waals surface area contributed by atoms with Gasteiger partial charge in [0.1, 0.15) is 0 Å². The van der Waals surface area contributed by atoms with Crippen LogP contribution in [0.1, 0.15) is 20.3 Å². The summed E-state index contributed by atoms with van der Waals surface area (Å²) < 4.78 is 27.1. The lowest BCUT2D eigenvalue weighted by atomic mass is 9.94. The lowest BCUT2D eigenvalue weighted by Gasteiger charge is -2.34. The summed E-state index contributed by atoms with van der Waals surface area (Å²) >= 11 is 5.54. The first-order valence-electron chi connectivity index (χ1n) is 7.91. The van der Waals surface area contributed by atoms with E-state index in [9.17, 15) is 13.5 Å². The molecule has 5 nitrogen and oxygen atoms in total. The maximum absolute atomic E-state index is 12.8. The minimum atomic E-state index is -3.45. The molecule has 2 rings (SSSR count). The third kappa shape index (κ3) is 4.83. The molecule has 0 aromatic heterocycles. The maximum atomic E-state index is 12.8. The first-order chi connectivity index (χ1) is 10.8. The summed E-state index contributed by atoms with van der Waals surface area (Å²) in [6.45, 7) is 5.67. The Morgan fingerprint density at radius 1 is 1.26 bits per heavy atom. The third-order valence-corrected chi connectivity index (χ3v) is 6.25. The smallest absolute Gasteiger partial charge is 0.243 e. The van der Waals surface area contributed by atoms with Gasteiger partial charge in [0.2, 0.25) is 10.0 Å². The molecule has 3 unspecified atom stereocenters. The van der Waals surface area contributed by atoms with Crippen molar-refractivity contribution in [2.45, 2.75) is 31.3 Å². The first kappa shape index (κ1) is 18.5. The van der Waals surface area contributed by atoms with Crippen molar-refractivity contribution in [1.29, 1.82) is 0 Å². The van der Waals surface area contributed by atoms with E-state index in [1.165, 1.54) is 0 Å². The Hall–Kier alpha value is -0.820. The van der Waals surface area contributed by atoms with Crippen molar-refractivity contribution < 1.29 is 13.5 Å². The number of alkyl halides is 1. The van der Waals surface area contributed by atoms with Crippen LogP contribution in [0.2, 0.25) is 0 Å². The first-order valence-corrected chi connectivity index (χ1v) is 9.88. The van der Waals surface area contributed by atoms with Gasteiger partial charge < -0.3 is 10.4 Å². The van der Waals surface area contributed by atoms with Crippen LogP contribution in [0.4, 0.5) is 5.69 Å². The van der Waals surface area contributed by atoms with Gasteiger partial charge in [0, 0.05) is 25.3 Å². The van der Waals surface area contributed by atoms with Crippen molar-refractivity contribution in [3.63, 3.8) is 0 Å². The van der Waals surface area contributed by atoms with Crippen LogP contribution in [0.15, 0.2) is 29.2 Å². The average Bonchev–Trinajstić information content (AvgIpc) is 2.52. The van der Waals surface area contributed by atoms with Gasteiger partial charge in [0.25, 0.3) is 0 Å². The Kier molecular flexibility index (Phi) is 6.31. The number of anilines is 1. The quantitative estimate of drug-likeness (QED) is 0.764. The topological polar surface area (TPSA) is 69.6 Å². The lowest BCUT2D eigenvalue weighted by molar-refractivity contribution is 0.211. The molecular formula is C16H25ClN2O3S. The average molecular weight is 361 g/mol. The molecule has 7 heteroatoms. The number of hydrogen-bond donors (Lipinski definition) is 2. The van der Waals surface area contributed by atoms with Crippen LogP contribution in [0, 0.1) is 11.8 Å². The van der Waals surface area contributed by atoms with Crippen LogP contribution in [0.5, 0.6) is 0 Å². The zero-order valence-electron chi connectivity index (χ0n) is 13.6. The summed E-state index contributed by atoms with van der Waals surface area (Å²) in [6, 6.07) is 6.64. The highest BCUT2D eigenvalue weighted by atomic mass is 35.5. The van der Waals surface area contributed by atoms with Gasteiger partial charge >= 0.3 is 0 Å². The predicted octanol–water partition coefficient (Wildman–Crippen LogP) is 2.36. The fraction of sp³-hybridized carbons (Fsp3) is 0.625. The summed E-state index contributed by atoms with van der Waals surface area (Å²) in [5.74, 6) is 0.920. The van der Waals surface area contributed by atoms with Crippen LogP contribution in [-0.2, 0) is 10.0 Å². The van der Waals surface area contributed by atoms with Crippen molar-refractivity contribution in [2.75, 3.05) is 30.8 Å². The molecule has 1 aliphatic heterocycles. The largest absolute Gasteiger partial charge is 0.390 e. The van der Waals surface area contributed by atoms with E-state index in [0.29, 0.717) is 36.4 Å². The highest BCUT2D eigenvalue weighted by Crippen LogP contribution is 2.27. The fourth-order valence-corrected chi connectivity index (χ4v) is 4.77. The highest BCUT2D eigenvalue weighted by molar-refractivity contribution is 7.89. The SMILES string of the molecule is CC1CC(C)CN(S(=O)(=O)c2ccc(NCC(O)CCl)cc2)C1. The van der Waals surface area contributed by atoms with Crippen molar-refractivity contribution in [3.8, 4) is 0 Å². The van der Waals surface area contributed by atoms with Crippen LogP contribution < -0.4 is 5.32 Å². The monoisotopic (exact) mass is 360 g/mol. The number of sulfonamides is 1. The second-order valence-corrected chi connectivity index (χ2v) is 8.73. The van der Waals surface area contributed by atoms with Crippen molar-refractivity contribution in [2.24, 2.45) is 11.8 Å². The summed E-state index contributed by atoms with van der Waals surface area (Å²) in [4.78, 5) is 0.308. The van der Waals surface area contributed by atoms with Gasteiger partial charge in [-0.25, -0.2) is 8.42 Å². The molecule has 130 valence electrons. The molecule has 0 saturated carbocycles. The zero-order valence-corrected chi connectivity index (χ0v) is 15.1. The summed E-state index contributed by atoms with van der Waals surface area (Å²) in [5.41, 5.74) is 0.758. The van der Waals surface area contributed by atoms with Crippen LogP contribution in [0.25, 0.3) is 0 Å². The Labute approximate surface area is 143 Å². The Morgan fingerprint density at radius 2 is 1.83 bits per heavy atom. The maximum Gasteiger partial charge on any atom is 0.243 e. The molecule has 1 aromatic rings. The standard InChI is InChI=1S/C16H25ClN2O3S/c1-12-7-13(2)11-19(10-12)23(21,22)16-5-3-14(4-6-16)18-9-15(20)8-17/h3-6,12-13,15,18,20H,7-11H2,1-2H3. The van der Waals surface area contributed by atoms with E-state index >= 15 is 0 Å². The van der Waals surface area contributed by atoms with Gasteiger partial charge in [-0.05, 0) is 42.5 Å². The normalized spacial score (nSPS) is 24.3. The van der Waals surface area contributed by atoms with E-state index in [0.717, 1.165) is 12.1 Å². The second kappa shape index (κ2) is 7.83. The van der Waals surface area contributed by atoms with Gasteiger partial charge in [-0.1, -0.05) is 13.8 Å². The van der Waals surface area contributed by atoms with Crippen molar-refractivity contribution >= 4 is 27.3 Å². The number of nitrogens with zero attached hydrogens (tertiary/aromatic N) is 1. The van der Waals surface area contributed by atoms with E-state index in [2.05, 4.69) is 19.2 Å². The Balaban J connectivity index is 2.08. The van der Waals surface area contributed by atoms with E-state index < -0.39 is 16.1 Å². The van der Waals surface area contributed by atoms with Gasteiger partial charge in [-0.2, -0.15) is 4.31 Å². The molecule has 23 heavy (non-hydrogen) atoms. The number of aliphatic hydroxyl groups excluding tert-OH is 1. The summed E-state index contributed by atoms with van der Waals surface area (Å²) in [6.07, 6.45) is 0.439. The van der Waals surface area contributed by atoms with Crippen LogP contribution >= 0.6 is 11.6 Å². The number of benzene rings is 1. The number of halogens is 1. The molecule has 0 aliphatic carbocycles. The molecule has 0 spiro atoms. The van der Waals surface area contributed by atoms with Gasteiger partial charge in [-0.15, -0.1) is 11.6 Å². The molecule has 1 aliphatic rings. The molecule has 2 N–H and O–H groups in total. The fourth-order valence-electron chi connectivity index (χ4n) is 2.99.